The quantitative estimate of drug-likeness (QED) is 0.508. The van der Waals surface area contributed by atoms with Crippen molar-refractivity contribution < 1.29 is 4.79 Å². The summed E-state index contributed by atoms with van der Waals surface area (Å²) in [5.74, 6) is 0. The van der Waals surface area contributed by atoms with Gasteiger partial charge in [-0.2, -0.15) is 5.26 Å². The van der Waals surface area contributed by atoms with E-state index in [0.717, 1.165) is 0 Å². The number of carbonyl (C=O) groups is 1. The van der Waals surface area contributed by atoms with E-state index in [4.69, 9.17) is 5.26 Å². The van der Waals surface area contributed by atoms with Gasteiger partial charge in [-0.25, -0.2) is 4.98 Å². The predicted octanol–water partition coefficient (Wildman–Crippen LogP) is 1.49. The van der Waals surface area contributed by atoms with E-state index in [1.165, 1.54) is 17.8 Å². The maximum Gasteiger partial charge on any atom is 0.168 e. The van der Waals surface area contributed by atoms with Gasteiger partial charge in [0.1, 0.15) is 16.8 Å². The smallest absolute Gasteiger partial charge is 0.168 e. The molecular weight excluding hydrogens is 172 g/mol. The zero-order chi connectivity index (χ0) is 8.97. The van der Waals surface area contributed by atoms with Crippen LogP contribution in [0, 0.1) is 11.3 Å². The minimum atomic E-state index is 0.360. The number of rotatable bonds is 2. The monoisotopic (exact) mass is 178 g/mol. The van der Waals surface area contributed by atoms with Gasteiger partial charge in [-0.05, 0) is 18.4 Å². The first-order valence-corrected chi connectivity index (χ1v) is 4.44. The predicted molar refractivity (Wildman–Crippen MR) is 46.1 cm³/mol. The van der Waals surface area contributed by atoms with Crippen LogP contribution in [0.5, 0.6) is 0 Å². The van der Waals surface area contributed by atoms with Gasteiger partial charge in [0.05, 0.1) is 5.56 Å². The van der Waals surface area contributed by atoms with Crippen molar-refractivity contribution in [1.29, 1.82) is 5.26 Å². The highest BCUT2D eigenvalue weighted by Crippen LogP contribution is 2.16. The molecule has 0 N–H and O–H groups in total. The van der Waals surface area contributed by atoms with E-state index in [1.807, 2.05) is 12.3 Å². The van der Waals surface area contributed by atoms with Gasteiger partial charge in [-0.1, -0.05) is 0 Å². The molecule has 0 unspecified atom stereocenters. The summed E-state index contributed by atoms with van der Waals surface area (Å²) in [5, 5.41) is 9.22. The Labute approximate surface area is 74.4 Å². The Morgan fingerprint density at radius 3 is 2.92 bits per heavy atom. The molecule has 0 aliphatic heterocycles. The van der Waals surface area contributed by atoms with Gasteiger partial charge in [0, 0.05) is 0 Å². The molecule has 4 heteroatoms. The molecule has 1 rings (SSSR count). The Morgan fingerprint density at radius 2 is 2.42 bits per heavy atom. The summed E-state index contributed by atoms with van der Waals surface area (Å²) >= 11 is 1.36. The molecule has 0 aliphatic rings. The zero-order valence-electron chi connectivity index (χ0n) is 6.44. The van der Waals surface area contributed by atoms with Gasteiger partial charge in [-0.15, -0.1) is 11.8 Å². The van der Waals surface area contributed by atoms with Crippen molar-refractivity contribution in [2.45, 2.75) is 5.03 Å². The summed E-state index contributed by atoms with van der Waals surface area (Å²) in [5.41, 5.74) is 0.867. The molecule has 0 atom stereocenters. The number of aromatic nitrogens is 1. The molecule has 0 aliphatic carbocycles. The first-order chi connectivity index (χ1) is 5.81. The zero-order valence-corrected chi connectivity index (χ0v) is 7.26. The third kappa shape index (κ3) is 1.63. The number of nitrogens with zero attached hydrogens (tertiary/aromatic N) is 2. The summed E-state index contributed by atoms with van der Waals surface area (Å²) in [4.78, 5) is 14.3. The number of hydrogen-bond acceptors (Lipinski definition) is 4. The number of thioether (sulfide) groups is 1. The molecule has 0 spiro atoms. The van der Waals surface area contributed by atoms with Gasteiger partial charge in [0.15, 0.2) is 6.29 Å². The Morgan fingerprint density at radius 1 is 1.67 bits per heavy atom. The van der Waals surface area contributed by atoms with Crippen molar-refractivity contribution in [3.63, 3.8) is 0 Å². The molecule has 12 heavy (non-hydrogen) atoms. The third-order valence-corrected chi connectivity index (χ3v) is 2.01. The first kappa shape index (κ1) is 8.75. The van der Waals surface area contributed by atoms with Crippen LogP contribution in [0.15, 0.2) is 17.2 Å². The molecule has 0 saturated heterocycles. The highest BCUT2D eigenvalue weighted by Gasteiger charge is 2.02. The summed E-state index contributed by atoms with van der Waals surface area (Å²) in [6.45, 7) is 0. The third-order valence-electron chi connectivity index (χ3n) is 1.32. The Bertz CT molecular complexity index is 343. The lowest BCUT2D eigenvalue weighted by molar-refractivity contribution is 0.111. The van der Waals surface area contributed by atoms with E-state index in [2.05, 4.69) is 4.98 Å². The topological polar surface area (TPSA) is 53.8 Å². The fraction of sp³-hybridized carbons (Fsp3) is 0.125. The molecule has 1 aromatic heterocycles. The van der Waals surface area contributed by atoms with Crippen LogP contribution in [0.3, 0.4) is 0 Å². The fourth-order valence-electron chi connectivity index (χ4n) is 0.761. The van der Waals surface area contributed by atoms with Gasteiger partial charge in [0.2, 0.25) is 0 Å². The minimum Gasteiger partial charge on any atom is -0.296 e. The lowest BCUT2D eigenvalue weighted by Gasteiger charge is -1.97. The van der Waals surface area contributed by atoms with Crippen molar-refractivity contribution in [1.82, 2.24) is 4.98 Å². The van der Waals surface area contributed by atoms with E-state index in [1.54, 1.807) is 6.07 Å². The normalized spacial score (nSPS) is 9.00. The van der Waals surface area contributed by atoms with Crippen LogP contribution in [-0.2, 0) is 0 Å². The molecule has 0 saturated carbocycles. The standard InChI is InChI=1S/C8H6N2OS/c1-12-8-6(4-9)2-3-7(5-11)10-8/h2-3,5H,1H3. The maximum atomic E-state index is 10.3. The van der Waals surface area contributed by atoms with Crippen LogP contribution in [0.25, 0.3) is 0 Å². The molecule has 0 radical (unpaired) electrons. The lowest BCUT2D eigenvalue weighted by atomic mass is 10.3. The van der Waals surface area contributed by atoms with Crippen LogP contribution >= 0.6 is 11.8 Å². The Balaban J connectivity index is 3.21. The second-order valence-corrected chi connectivity index (χ2v) is 2.82. The fourth-order valence-corrected chi connectivity index (χ4v) is 1.29. The molecule has 1 aromatic rings. The molecule has 3 nitrogen and oxygen atoms in total. The minimum absolute atomic E-state index is 0.360. The van der Waals surface area contributed by atoms with Crippen molar-refractivity contribution in [2.75, 3.05) is 6.26 Å². The van der Waals surface area contributed by atoms with Crippen LogP contribution in [0.2, 0.25) is 0 Å². The summed E-state index contributed by atoms with van der Waals surface area (Å²) in [6.07, 6.45) is 2.48. The highest BCUT2D eigenvalue weighted by molar-refractivity contribution is 7.98. The number of carbonyl (C=O) groups excluding carboxylic acids is 1. The summed E-state index contributed by atoms with van der Waals surface area (Å²) < 4.78 is 0. The van der Waals surface area contributed by atoms with Crippen molar-refractivity contribution in [3.05, 3.63) is 23.4 Å². The molecule has 0 amide bonds. The molecule has 1 heterocycles. The summed E-state index contributed by atoms with van der Waals surface area (Å²) in [6, 6.07) is 5.13. The number of pyridine rings is 1. The molecule has 60 valence electrons. The van der Waals surface area contributed by atoms with Crippen LogP contribution < -0.4 is 0 Å². The van der Waals surface area contributed by atoms with Crippen LogP contribution in [0.1, 0.15) is 16.1 Å². The van der Waals surface area contributed by atoms with E-state index in [9.17, 15) is 4.79 Å². The SMILES string of the molecule is CSc1nc(C=O)ccc1C#N. The molecular formula is C8H6N2OS. The van der Waals surface area contributed by atoms with Gasteiger partial charge in [-0.3, -0.25) is 4.79 Å². The maximum absolute atomic E-state index is 10.3. The van der Waals surface area contributed by atoms with E-state index in [0.29, 0.717) is 22.6 Å². The number of nitriles is 1. The van der Waals surface area contributed by atoms with E-state index >= 15 is 0 Å². The van der Waals surface area contributed by atoms with E-state index < -0.39 is 0 Å². The Kier molecular flexibility index (Phi) is 2.83. The molecule has 0 bridgehead atoms. The van der Waals surface area contributed by atoms with Gasteiger partial charge in [0.25, 0.3) is 0 Å². The number of hydrogen-bond donors (Lipinski definition) is 0. The second kappa shape index (κ2) is 3.88. The van der Waals surface area contributed by atoms with Gasteiger partial charge < -0.3 is 0 Å². The average molecular weight is 178 g/mol. The molecule has 0 aromatic carbocycles. The first-order valence-electron chi connectivity index (χ1n) is 3.22. The number of aldehydes is 1. The van der Waals surface area contributed by atoms with E-state index in [-0.39, 0.29) is 0 Å². The lowest BCUT2D eigenvalue weighted by Crippen LogP contribution is -1.91. The highest BCUT2D eigenvalue weighted by atomic mass is 32.2. The van der Waals surface area contributed by atoms with Crippen molar-refractivity contribution in [2.24, 2.45) is 0 Å². The van der Waals surface area contributed by atoms with Crippen molar-refractivity contribution in [3.8, 4) is 6.07 Å². The molecule has 0 fully saturated rings. The van der Waals surface area contributed by atoms with Crippen molar-refractivity contribution >= 4 is 18.0 Å². The van der Waals surface area contributed by atoms with Crippen LogP contribution in [0.4, 0.5) is 0 Å². The summed E-state index contributed by atoms with van der Waals surface area (Å²) in [7, 11) is 0. The second-order valence-electron chi connectivity index (χ2n) is 2.02. The van der Waals surface area contributed by atoms with Gasteiger partial charge >= 0.3 is 0 Å². The largest absolute Gasteiger partial charge is 0.296 e. The van der Waals surface area contributed by atoms with Crippen LogP contribution in [-0.4, -0.2) is 17.5 Å². The Hall–Kier alpha value is -1.34. The average Bonchev–Trinajstić information content (AvgIpc) is 2.16.